The van der Waals surface area contributed by atoms with E-state index < -0.39 is 5.91 Å². The maximum atomic E-state index is 12.9. The maximum absolute atomic E-state index is 12.9. The Morgan fingerprint density at radius 1 is 1.14 bits per heavy atom. The summed E-state index contributed by atoms with van der Waals surface area (Å²) >= 11 is 5.98. The van der Waals surface area contributed by atoms with E-state index in [9.17, 15) is 9.59 Å². The lowest BCUT2D eigenvalue weighted by Crippen LogP contribution is -2.22. The summed E-state index contributed by atoms with van der Waals surface area (Å²) < 4.78 is 7.14. The molecule has 0 saturated carbocycles. The Morgan fingerprint density at radius 3 is 2.57 bits per heavy atom. The summed E-state index contributed by atoms with van der Waals surface area (Å²) in [6, 6.07) is 14.0. The van der Waals surface area contributed by atoms with Gasteiger partial charge in [-0.2, -0.15) is 5.10 Å². The zero-order valence-electron chi connectivity index (χ0n) is 15.4. The van der Waals surface area contributed by atoms with Gasteiger partial charge in [0.25, 0.3) is 11.8 Å². The van der Waals surface area contributed by atoms with Crippen LogP contribution >= 0.6 is 11.6 Å². The molecule has 1 heterocycles. The van der Waals surface area contributed by atoms with Crippen molar-refractivity contribution in [1.29, 1.82) is 0 Å². The Labute approximate surface area is 167 Å². The minimum Gasteiger partial charge on any atom is -0.490 e. The molecule has 0 aliphatic rings. The molecule has 0 fully saturated rings. The van der Waals surface area contributed by atoms with E-state index in [0.29, 0.717) is 23.1 Å². The molecule has 0 unspecified atom stereocenters. The molecule has 0 aliphatic carbocycles. The first-order valence-corrected chi connectivity index (χ1v) is 9.02. The van der Waals surface area contributed by atoms with Gasteiger partial charge in [-0.25, -0.2) is 4.68 Å². The van der Waals surface area contributed by atoms with Crippen molar-refractivity contribution in [3.8, 4) is 11.4 Å². The standard InChI is InChI=1S/C20H19ClN4O3/c1-3-28-17-12-25(14-7-5-4-6-8-14)24-18(17)20(27)23-16-10-9-13(21)11-15(16)19(26)22-2/h4-12H,3H2,1-2H3,(H,22,26)(H,23,27). The first kappa shape index (κ1) is 19.4. The van der Waals surface area contributed by atoms with Crippen LogP contribution in [0.1, 0.15) is 27.8 Å². The molecule has 8 heteroatoms. The lowest BCUT2D eigenvalue weighted by Gasteiger charge is -2.10. The third kappa shape index (κ3) is 4.15. The van der Waals surface area contributed by atoms with Crippen molar-refractivity contribution in [2.24, 2.45) is 0 Å². The summed E-state index contributed by atoms with van der Waals surface area (Å²) in [6.45, 7) is 2.20. The van der Waals surface area contributed by atoms with Gasteiger partial charge in [0, 0.05) is 12.1 Å². The van der Waals surface area contributed by atoms with Gasteiger partial charge in [0.05, 0.1) is 29.7 Å². The van der Waals surface area contributed by atoms with E-state index >= 15 is 0 Å². The topological polar surface area (TPSA) is 85.2 Å². The molecule has 3 rings (SSSR count). The van der Waals surface area contributed by atoms with E-state index in [4.69, 9.17) is 16.3 Å². The summed E-state index contributed by atoms with van der Waals surface area (Å²) in [6.07, 6.45) is 1.65. The zero-order valence-corrected chi connectivity index (χ0v) is 16.2. The molecule has 144 valence electrons. The van der Waals surface area contributed by atoms with Crippen molar-refractivity contribution in [2.45, 2.75) is 6.92 Å². The highest BCUT2D eigenvalue weighted by Crippen LogP contribution is 2.24. The minimum absolute atomic E-state index is 0.114. The smallest absolute Gasteiger partial charge is 0.280 e. The van der Waals surface area contributed by atoms with E-state index in [2.05, 4.69) is 15.7 Å². The average molecular weight is 399 g/mol. The fourth-order valence-electron chi connectivity index (χ4n) is 2.62. The number of anilines is 1. The lowest BCUT2D eigenvalue weighted by molar-refractivity contribution is 0.0964. The number of aromatic nitrogens is 2. The third-order valence-corrected chi connectivity index (χ3v) is 4.15. The van der Waals surface area contributed by atoms with Crippen LogP contribution in [0.4, 0.5) is 5.69 Å². The van der Waals surface area contributed by atoms with Gasteiger partial charge in [-0.1, -0.05) is 29.8 Å². The van der Waals surface area contributed by atoms with Gasteiger partial charge in [0.15, 0.2) is 11.4 Å². The predicted octanol–water partition coefficient (Wildman–Crippen LogP) is 3.54. The van der Waals surface area contributed by atoms with Gasteiger partial charge in [0.1, 0.15) is 0 Å². The second-order valence-corrected chi connectivity index (χ2v) is 6.21. The van der Waals surface area contributed by atoms with Gasteiger partial charge in [-0.3, -0.25) is 9.59 Å². The number of halogens is 1. The maximum Gasteiger partial charge on any atom is 0.280 e. The predicted molar refractivity (Wildman–Crippen MR) is 108 cm³/mol. The van der Waals surface area contributed by atoms with Crippen molar-refractivity contribution in [3.05, 3.63) is 71.0 Å². The quantitative estimate of drug-likeness (QED) is 0.665. The fourth-order valence-corrected chi connectivity index (χ4v) is 2.79. The third-order valence-electron chi connectivity index (χ3n) is 3.92. The van der Waals surface area contributed by atoms with Crippen LogP contribution in [-0.2, 0) is 0 Å². The van der Waals surface area contributed by atoms with E-state index in [0.717, 1.165) is 5.69 Å². The Kier molecular flexibility index (Phi) is 5.96. The van der Waals surface area contributed by atoms with Crippen LogP contribution in [0.2, 0.25) is 5.02 Å². The number of hydrogen-bond donors (Lipinski definition) is 2. The van der Waals surface area contributed by atoms with Crippen LogP contribution in [0.25, 0.3) is 5.69 Å². The van der Waals surface area contributed by atoms with Gasteiger partial charge in [-0.05, 0) is 37.3 Å². The van der Waals surface area contributed by atoms with Crippen molar-refractivity contribution < 1.29 is 14.3 Å². The van der Waals surface area contributed by atoms with Crippen LogP contribution in [0.3, 0.4) is 0 Å². The monoisotopic (exact) mass is 398 g/mol. The molecule has 0 aliphatic heterocycles. The van der Waals surface area contributed by atoms with Crippen molar-refractivity contribution >= 4 is 29.1 Å². The largest absolute Gasteiger partial charge is 0.490 e. The van der Waals surface area contributed by atoms with Gasteiger partial charge < -0.3 is 15.4 Å². The van der Waals surface area contributed by atoms with Gasteiger partial charge in [-0.15, -0.1) is 0 Å². The first-order valence-electron chi connectivity index (χ1n) is 8.64. The number of rotatable bonds is 6. The molecule has 0 spiro atoms. The number of nitrogens with zero attached hydrogens (tertiary/aromatic N) is 2. The number of para-hydroxylation sites is 1. The zero-order chi connectivity index (χ0) is 20.1. The number of amides is 2. The summed E-state index contributed by atoms with van der Waals surface area (Å²) in [5.41, 5.74) is 1.48. The van der Waals surface area contributed by atoms with Crippen molar-refractivity contribution in [3.63, 3.8) is 0 Å². The average Bonchev–Trinajstić information content (AvgIpc) is 3.14. The number of benzene rings is 2. The van der Waals surface area contributed by atoms with E-state index in [1.165, 1.54) is 13.1 Å². The summed E-state index contributed by atoms with van der Waals surface area (Å²) in [5, 5.41) is 9.99. The number of ether oxygens (including phenoxy) is 1. The highest BCUT2D eigenvalue weighted by Gasteiger charge is 2.21. The molecule has 1 aromatic heterocycles. The van der Waals surface area contributed by atoms with Gasteiger partial charge in [0.2, 0.25) is 0 Å². The van der Waals surface area contributed by atoms with Crippen molar-refractivity contribution in [2.75, 3.05) is 19.0 Å². The molecule has 3 aromatic rings. The second kappa shape index (κ2) is 8.58. The Balaban J connectivity index is 1.95. The van der Waals surface area contributed by atoms with E-state index in [-0.39, 0.29) is 17.2 Å². The van der Waals surface area contributed by atoms with Crippen LogP contribution in [0.5, 0.6) is 5.75 Å². The Bertz CT molecular complexity index is 1000. The van der Waals surface area contributed by atoms with Crippen LogP contribution < -0.4 is 15.4 Å². The van der Waals surface area contributed by atoms with Crippen molar-refractivity contribution in [1.82, 2.24) is 15.1 Å². The lowest BCUT2D eigenvalue weighted by atomic mass is 10.1. The molecular weight excluding hydrogens is 380 g/mol. The number of carbonyl (C=O) groups excluding carboxylic acids is 2. The molecule has 2 N–H and O–H groups in total. The molecule has 0 radical (unpaired) electrons. The fraction of sp³-hybridized carbons (Fsp3) is 0.150. The molecule has 0 saturated heterocycles. The van der Waals surface area contributed by atoms with Gasteiger partial charge >= 0.3 is 0 Å². The summed E-state index contributed by atoms with van der Waals surface area (Å²) in [5.74, 6) is -0.512. The molecule has 0 bridgehead atoms. The number of hydrogen-bond acceptors (Lipinski definition) is 4. The summed E-state index contributed by atoms with van der Waals surface area (Å²) in [7, 11) is 1.50. The highest BCUT2D eigenvalue weighted by atomic mass is 35.5. The molecule has 2 amide bonds. The van der Waals surface area contributed by atoms with Crippen LogP contribution in [-0.4, -0.2) is 35.2 Å². The molecule has 7 nitrogen and oxygen atoms in total. The van der Waals surface area contributed by atoms with E-state index in [1.807, 2.05) is 37.3 Å². The van der Waals surface area contributed by atoms with Crippen LogP contribution in [0, 0.1) is 0 Å². The normalized spacial score (nSPS) is 10.4. The number of carbonyl (C=O) groups is 2. The number of nitrogens with one attached hydrogen (secondary N) is 2. The Hall–Kier alpha value is -3.32. The molecular formula is C20H19ClN4O3. The molecule has 28 heavy (non-hydrogen) atoms. The highest BCUT2D eigenvalue weighted by molar-refractivity contribution is 6.31. The molecule has 0 atom stereocenters. The van der Waals surface area contributed by atoms with E-state index in [1.54, 1.807) is 23.0 Å². The minimum atomic E-state index is -0.495. The Morgan fingerprint density at radius 2 is 1.89 bits per heavy atom. The SMILES string of the molecule is CCOc1cn(-c2ccccc2)nc1C(=O)Nc1ccc(Cl)cc1C(=O)NC. The van der Waals surface area contributed by atoms with Crippen LogP contribution in [0.15, 0.2) is 54.7 Å². The summed E-state index contributed by atoms with van der Waals surface area (Å²) in [4.78, 5) is 25.0. The first-order chi connectivity index (χ1) is 13.5. The molecule has 2 aromatic carbocycles. The second-order valence-electron chi connectivity index (χ2n) is 5.78.